The summed E-state index contributed by atoms with van der Waals surface area (Å²) in [7, 11) is 0. The summed E-state index contributed by atoms with van der Waals surface area (Å²) in [6.07, 6.45) is 1.91. The van der Waals surface area contributed by atoms with Crippen molar-refractivity contribution in [3.8, 4) is 17.6 Å². The van der Waals surface area contributed by atoms with Crippen LogP contribution in [0.1, 0.15) is 38.3 Å². The van der Waals surface area contributed by atoms with Crippen molar-refractivity contribution in [3.05, 3.63) is 29.8 Å². The van der Waals surface area contributed by atoms with Crippen molar-refractivity contribution >= 4 is 0 Å². The molecule has 0 aliphatic heterocycles. The maximum absolute atomic E-state index is 9.22. The Bertz CT molecular complexity index is 359. The van der Waals surface area contributed by atoms with Gasteiger partial charge in [0.15, 0.2) is 0 Å². The average Bonchev–Trinajstić information content (AvgIpc) is 2.31. The van der Waals surface area contributed by atoms with Crippen LogP contribution >= 0.6 is 0 Å². The van der Waals surface area contributed by atoms with E-state index in [2.05, 4.69) is 24.1 Å². The summed E-state index contributed by atoms with van der Waals surface area (Å²) in [6, 6.07) is 7.72. The molecule has 0 fully saturated rings. The quantitative estimate of drug-likeness (QED) is 0.587. The number of phenols is 1. The van der Waals surface area contributed by atoms with Crippen molar-refractivity contribution in [2.45, 2.75) is 32.7 Å². The van der Waals surface area contributed by atoms with Gasteiger partial charge in [-0.1, -0.05) is 19.1 Å². The van der Waals surface area contributed by atoms with Gasteiger partial charge in [0.05, 0.1) is 0 Å². The van der Waals surface area contributed by atoms with Gasteiger partial charge in [-0.05, 0) is 31.0 Å². The van der Waals surface area contributed by atoms with E-state index in [0.717, 1.165) is 19.4 Å². The highest BCUT2D eigenvalue weighted by atomic mass is 16.3. The van der Waals surface area contributed by atoms with Crippen LogP contribution in [0.2, 0.25) is 0 Å². The van der Waals surface area contributed by atoms with Crippen LogP contribution in [0.25, 0.3) is 0 Å². The molecule has 0 aliphatic carbocycles. The maximum atomic E-state index is 9.22. The monoisotopic (exact) mass is 217 g/mol. The third-order valence-electron chi connectivity index (χ3n) is 2.52. The molecular formula is C14H19NO. The van der Waals surface area contributed by atoms with Crippen LogP contribution in [0.3, 0.4) is 0 Å². The Hall–Kier alpha value is -1.46. The number of aromatic hydroxyl groups is 1. The highest BCUT2D eigenvalue weighted by Crippen LogP contribution is 2.19. The fourth-order valence-electron chi connectivity index (χ4n) is 1.64. The standard InChI is InChI=1S/C14H19NO/c1-3-5-6-11-15-14(4-2)12-7-9-13(16)10-8-12/h7-10,14-16H,4,6,11H2,1-2H3. The molecule has 0 spiro atoms. The molecule has 1 unspecified atom stereocenters. The first-order chi connectivity index (χ1) is 7.77. The number of rotatable bonds is 5. The molecule has 0 amide bonds. The van der Waals surface area contributed by atoms with Crippen molar-refractivity contribution in [2.75, 3.05) is 6.54 Å². The third kappa shape index (κ3) is 3.96. The van der Waals surface area contributed by atoms with E-state index in [1.54, 1.807) is 12.1 Å². The minimum atomic E-state index is 0.315. The highest BCUT2D eigenvalue weighted by Gasteiger charge is 2.07. The predicted octanol–water partition coefficient (Wildman–Crippen LogP) is 2.85. The van der Waals surface area contributed by atoms with Crippen LogP contribution < -0.4 is 5.32 Å². The van der Waals surface area contributed by atoms with E-state index in [1.807, 2.05) is 19.1 Å². The number of hydrogen-bond acceptors (Lipinski definition) is 2. The lowest BCUT2D eigenvalue weighted by Gasteiger charge is -2.16. The van der Waals surface area contributed by atoms with E-state index in [0.29, 0.717) is 11.8 Å². The van der Waals surface area contributed by atoms with E-state index < -0.39 is 0 Å². The molecule has 86 valence electrons. The van der Waals surface area contributed by atoms with Gasteiger partial charge in [-0.3, -0.25) is 0 Å². The summed E-state index contributed by atoms with van der Waals surface area (Å²) < 4.78 is 0. The van der Waals surface area contributed by atoms with E-state index in [4.69, 9.17) is 0 Å². The first-order valence-corrected chi connectivity index (χ1v) is 5.69. The lowest BCUT2D eigenvalue weighted by molar-refractivity contribution is 0.473. The van der Waals surface area contributed by atoms with Crippen LogP contribution in [0.15, 0.2) is 24.3 Å². The van der Waals surface area contributed by atoms with Gasteiger partial charge >= 0.3 is 0 Å². The Morgan fingerprint density at radius 1 is 1.31 bits per heavy atom. The summed E-state index contributed by atoms with van der Waals surface area (Å²) in [5.41, 5.74) is 1.21. The van der Waals surface area contributed by atoms with Gasteiger partial charge in [-0.25, -0.2) is 0 Å². The van der Waals surface area contributed by atoms with Crippen molar-refractivity contribution < 1.29 is 5.11 Å². The minimum Gasteiger partial charge on any atom is -0.508 e. The maximum Gasteiger partial charge on any atom is 0.115 e. The van der Waals surface area contributed by atoms with Gasteiger partial charge in [0.2, 0.25) is 0 Å². The summed E-state index contributed by atoms with van der Waals surface area (Å²) in [5.74, 6) is 6.23. The Balaban J connectivity index is 2.52. The average molecular weight is 217 g/mol. The largest absolute Gasteiger partial charge is 0.508 e. The Morgan fingerprint density at radius 3 is 2.56 bits per heavy atom. The Labute approximate surface area is 97.7 Å². The number of nitrogens with one attached hydrogen (secondary N) is 1. The molecule has 0 saturated heterocycles. The lowest BCUT2D eigenvalue weighted by atomic mass is 10.0. The molecule has 1 atom stereocenters. The second-order valence-electron chi connectivity index (χ2n) is 3.68. The van der Waals surface area contributed by atoms with Gasteiger partial charge in [0, 0.05) is 19.0 Å². The SMILES string of the molecule is CC#CCCNC(CC)c1ccc(O)cc1. The first-order valence-electron chi connectivity index (χ1n) is 5.69. The molecule has 2 heteroatoms. The smallest absolute Gasteiger partial charge is 0.115 e. The van der Waals surface area contributed by atoms with Crippen LogP contribution in [-0.4, -0.2) is 11.7 Å². The predicted molar refractivity (Wildman–Crippen MR) is 67.2 cm³/mol. The topological polar surface area (TPSA) is 32.3 Å². The zero-order chi connectivity index (χ0) is 11.8. The second kappa shape index (κ2) is 6.92. The van der Waals surface area contributed by atoms with Gasteiger partial charge in [0.25, 0.3) is 0 Å². The highest BCUT2D eigenvalue weighted by molar-refractivity contribution is 5.27. The Kier molecular flexibility index (Phi) is 5.45. The lowest BCUT2D eigenvalue weighted by Crippen LogP contribution is -2.21. The summed E-state index contributed by atoms with van der Waals surface area (Å²) >= 11 is 0. The van der Waals surface area contributed by atoms with Crippen LogP contribution in [0.5, 0.6) is 5.75 Å². The molecule has 0 aromatic heterocycles. The number of hydrogen-bond donors (Lipinski definition) is 2. The van der Waals surface area contributed by atoms with Crippen molar-refractivity contribution in [3.63, 3.8) is 0 Å². The molecule has 0 heterocycles. The summed E-state index contributed by atoms with van der Waals surface area (Å²) in [4.78, 5) is 0. The van der Waals surface area contributed by atoms with Crippen LogP contribution in [0.4, 0.5) is 0 Å². The van der Waals surface area contributed by atoms with E-state index in [9.17, 15) is 5.11 Å². The Morgan fingerprint density at radius 2 is 2.00 bits per heavy atom. The van der Waals surface area contributed by atoms with E-state index >= 15 is 0 Å². The fraction of sp³-hybridized carbons (Fsp3) is 0.429. The fourth-order valence-corrected chi connectivity index (χ4v) is 1.64. The van der Waals surface area contributed by atoms with Crippen molar-refractivity contribution in [1.29, 1.82) is 0 Å². The normalized spacial score (nSPS) is 11.6. The molecule has 16 heavy (non-hydrogen) atoms. The molecule has 2 nitrogen and oxygen atoms in total. The van der Waals surface area contributed by atoms with Crippen LogP contribution in [0, 0.1) is 11.8 Å². The molecular weight excluding hydrogens is 198 g/mol. The molecule has 1 rings (SSSR count). The number of phenolic OH excluding ortho intramolecular Hbond substituents is 1. The van der Waals surface area contributed by atoms with Crippen LogP contribution in [-0.2, 0) is 0 Å². The van der Waals surface area contributed by atoms with Crippen molar-refractivity contribution in [2.24, 2.45) is 0 Å². The molecule has 1 aromatic carbocycles. The molecule has 2 N–H and O–H groups in total. The molecule has 1 aromatic rings. The minimum absolute atomic E-state index is 0.315. The van der Waals surface area contributed by atoms with Gasteiger partial charge in [-0.15, -0.1) is 11.8 Å². The van der Waals surface area contributed by atoms with E-state index in [-0.39, 0.29) is 0 Å². The van der Waals surface area contributed by atoms with Gasteiger partial charge in [-0.2, -0.15) is 0 Å². The number of benzene rings is 1. The second-order valence-corrected chi connectivity index (χ2v) is 3.68. The summed E-state index contributed by atoms with van der Waals surface area (Å²) in [6.45, 7) is 4.91. The zero-order valence-corrected chi connectivity index (χ0v) is 9.96. The summed E-state index contributed by atoms with van der Waals surface area (Å²) in [5, 5.41) is 12.7. The first kappa shape index (κ1) is 12.6. The van der Waals surface area contributed by atoms with E-state index in [1.165, 1.54) is 5.56 Å². The van der Waals surface area contributed by atoms with Gasteiger partial charge in [0.1, 0.15) is 5.75 Å². The molecule has 0 aliphatic rings. The molecule has 0 radical (unpaired) electrons. The third-order valence-corrected chi connectivity index (χ3v) is 2.52. The molecule has 0 bridgehead atoms. The zero-order valence-electron chi connectivity index (χ0n) is 9.96. The van der Waals surface area contributed by atoms with Crippen molar-refractivity contribution in [1.82, 2.24) is 5.32 Å². The molecule has 0 saturated carbocycles. The van der Waals surface area contributed by atoms with Gasteiger partial charge < -0.3 is 10.4 Å².